The summed E-state index contributed by atoms with van der Waals surface area (Å²) in [6, 6.07) is 14.3. The fraction of sp³-hybridized carbons (Fsp3) is 0.385. The zero-order valence-corrected chi connectivity index (χ0v) is 20.1. The lowest BCUT2D eigenvalue weighted by atomic mass is 10.1. The van der Waals surface area contributed by atoms with Crippen molar-refractivity contribution in [1.82, 2.24) is 21.3 Å². The Bertz CT molecular complexity index is 1080. The van der Waals surface area contributed by atoms with Crippen molar-refractivity contribution in [3.63, 3.8) is 0 Å². The molecule has 4 rings (SSSR count). The number of hydrogen-bond acceptors (Lipinski definition) is 5. The number of aliphatic imine (C=N–C) groups is 1. The molecule has 0 unspecified atom stereocenters. The molecule has 36 heavy (non-hydrogen) atoms. The molecule has 0 aromatic heterocycles. The lowest BCUT2D eigenvalue weighted by Gasteiger charge is -2.36. The van der Waals surface area contributed by atoms with E-state index in [9.17, 15) is 19.5 Å². The largest absolute Gasteiger partial charge is 0.480 e. The second kappa shape index (κ2) is 12.1. The molecule has 2 aromatic carbocycles. The van der Waals surface area contributed by atoms with Crippen LogP contribution < -0.4 is 26.2 Å². The van der Waals surface area contributed by atoms with Gasteiger partial charge in [0.05, 0.1) is 0 Å². The first-order valence-electron chi connectivity index (χ1n) is 12.3. The van der Waals surface area contributed by atoms with Gasteiger partial charge in [-0.2, -0.15) is 0 Å². The first kappa shape index (κ1) is 25.0. The number of carbonyl (C=O) groups excluding carboxylic acids is 2. The number of carboxylic acid groups (broad SMARTS) is 1. The molecule has 2 aromatic rings. The number of aliphatic carboxylic acids is 1. The Labute approximate surface area is 210 Å². The molecule has 2 saturated heterocycles. The zero-order valence-electron chi connectivity index (χ0n) is 20.1. The van der Waals surface area contributed by atoms with Gasteiger partial charge in [-0.15, -0.1) is 0 Å². The van der Waals surface area contributed by atoms with Crippen LogP contribution >= 0.6 is 0 Å². The maximum absolute atomic E-state index is 12.7. The molecule has 0 saturated carbocycles. The van der Waals surface area contributed by atoms with Gasteiger partial charge in [0.15, 0.2) is 5.96 Å². The van der Waals surface area contributed by atoms with E-state index in [1.54, 1.807) is 42.5 Å². The highest BCUT2D eigenvalue weighted by Crippen LogP contribution is 2.26. The van der Waals surface area contributed by atoms with E-state index in [2.05, 4.69) is 26.2 Å². The number of anilines is 1. The average Bonchev–Trinajstić information content (AvgIpc) is 2.92. The number of guanidine groups is 1. The van der Waals surface area contributed by atoms with Crippen LogP contribution in [0.3, 0.4) is 0 Å². The highest BCUT2D eigenvalue weighted by Gasteiger charge is 2.24. The van der Waals surface area contributed by atoms with E-state index in [-0.39, 0.29) is 12.7 Å². The third kappa shape index (κ3) is 6.53. The Hall–Kier alpha value is -4.08. The monoisotopic (exact) mass is 492 g/mol. The van der Waals surface area contributed by atoms with E-state index in [0.29, 0.717) is 11.1 Å². The van der Waals surface area contributed by atoms with Crippen molar-refractivity contribution in [2.75, 3.05) is 31.1 Å². The molecule has 190 valence electrons. The minimum atomic E-state index is -1.25. The molecule has 2 fully saturated rings. The number of rotatable bonds is 8. The van der Waals surface area contributed by atoms with Crippen LogP contribution in [-0.2, 0) is 4.79 Å². The molecular weight excluding hydrogens is 460 g/mol. The summed E-state index contributed by atoms with van der Waals surface area (Å²) >= 11 is 0. The van der Waals surface area contributed by atoms with E-state index >= 15 is 0 Å². The summed E-state index contributed by atoms with van der Waals surface area (Å²) in [5.41, 5.74) is 1.74. The molecule has 2 heterocycles. The lowest BCUT2D eigenvalue weighted by Crippen LogP contribution is -2.48. The summed E-state index contributed by atoms with van der Waals surface area (Å²) in [6.07, 6.45) is 4.25. The Balaban J connectivity index is 1.36. The van der Waals surface area contributed by atoms with Crippen LogP contribution in [0, 0.1) is 0 Å². The van der Waals surface area contributed by atoms with Crippen LogP contribution in [-0.4, -0.2) is 67.2 Å². The van der Waals surface area contributed by atoms with Crippen molar-refractivity contribution in [3.05, 3.63) is 65.7 Å². The lowest BCUT2D eigenvalue weighted by molar-refractivity contribution is -0.139. The molecule has 0 bridgehead atoms. The average molecular weight is 493 g/mol. The molecule has 2 aliphatic heterocycles. The fourth-order valence-corrected chi connectivity index (χ4v) is 4.29. The molecule has 0 radical (unpaired) electrons. The van der Waals surface area contributed by atoms with Crippen molar-refractivity contribution >= 4 is 29.4 Å². The van der Waals surface area contributed by atoms with Crippen molar-refractivity contribution in [2.45, 2.75) is 37.9 Å². The highest BCUT2D eigenvalue weighted by atomic mass is 16.4. The van der Waals surface area contributed by atoms with Gasteiger partial charge in [0.25, 0.3) is 11.8 Å². The predicted octanol–water partition coefficient (Wildman–Crippen LogP) is 1.55. The van der Waals surface area contributed by atoms with Gasteiger partial charge in [0.1, 0.15) is 12.2 Å². The molecular formula is C26H32N6O4. The minimum absolute atomic E-state index is 0.0241. The predicted molar refractivity (Wildman–Crippen MR) is 137 cm³/mol. The highest BCUT2D eigenvalue weighted by molar-refractivity contribution is 5.97. The van der Waals surface area contributed by atoms with E-state index in [1.807, 2.05) is 12.1 Å². The van der Waals surface area contributed by atoms with Crippen molar-refractivity contribution in [3.8, 4) is 0 Å². The second-order valence-corrected chi connectivity index (χ2v) is 8.84. The summed E-state index contributed by atoms with van der Waals surface area (Å²) in [5, 5.41) is 21.2. The van der Waals surface area contributed by atoms with Gasteiger partial charge in [-0.3, -0.25) is 9.59 Å². The van der Waals surface area contributed by atoms with E-state index in [0.717, 1.165) is 57.0 Å². The quantitative estimate of drug-likeness (QED) is 0.377. The standard InChI is InChI=1S/C26H32N6O4/c33-23(29-17-21(25(35)36)30-24(34)18-7-2-1-3-8-18)19-10-12-20(13-11-19)32-16-5-4-9-22(32)31-26-27-14-6-15-28-26/h1-3,7-8,10-13,21-22H,4-6,9,14-17H2,(H,29,33)(H,30,34)(H,35,36)(H2,27,28,31)/t21-,22-/m0/s1. The number of nitrogens with one attached hydrogen (secondary N) is 4. The SMILES string of the molecule is O=C(NC[C@H](NC(=O)c1ccccc1)C(=O)O)c1ccc(N2CCCC[C@H]2N=C2NCCCN2)cc1. The van der Waals surface area contributed by atoms with Crippen LogP contribution in [0.25, 0.3) is 0 Å². The molecule has 10 nitrogen and oxygen atoms in total. The number of amides is 2. The van der Waals surface area contributed by atoms with Gasteiger partial charge >= 0.3 is 5.97 Å². The Morgan fingerprint density at radius 3 is 2.33 bits per heavy atom. The third-order valence-electron chi connectivity index (χ3n) is 6.25. The van der Waals surface area contributed by atoms with E-state index in [4.69, 9.17) is 4.99 Å². The van der Waals surface area contributed by atoms with Gasteiger partial charge in [0.2, 0.25) is 0 Å². The summed E-state index contributed by atoms with van der Waals surface area (Å²) in [5.74, 6) is -1.32. The minimum Gasteiger partial charge on any atom is -0.480 e. The number of hydrogen-bond donors (Lipinski definition) is 5. The summed E-state index contributed by atoms with van der Waals surface area (Å²) in [7, 11) is 0. The number of nitrogens with zero attached hydrogens (tertiary/aromatic N) is 2. The van der Waals surface area contributed by atoms with Crippen molar-refractivity contribution < 1.29 is 19.5 Å². The summed E-state index contributed by atoms with van der Waals surface area (Å²) < 4.78 is 0. The molecule has 2 aliphatic rings. The zero-order chi connectivity index (χ0) is 25.3. The fourth-order valence-electron chi connectivity index (χ4n) is 4.29. The smallest absolute Gasteiger partial charge is 0.328 e. The second-order valence-electron chi connectivity index (χ2n) is 8.84. The van der Waals surface area contributed by atoms with E-state index in [1.165, 1.54) is 0 Å². The van der Waals surface area contributed by atoms with Crippen molar-refractivity contribution in [1.29, 1.82) is 0 Å². The summed E-state index contributed by atoms with van der Waals surface area (Å²) in [4.78, 5) is 43.7. The number of carbonyl (C=O) groups is 3. The number of benzene rings is 2. The Kier molecular flexibility index (Phi) is 8.38. The maximum atomic E-state index is 12.7. The van der Waals surface area contributed by atoms with Gasteiger partial charge in [-0.1, -0.05) is 18.2 Å². The molecule has 2 atom stereocenters. The summed E-state index contributed by atoms with van der Waals surface area (Å²) in [6.45, 7) is 2.48. The first-order valence-corrected chi connectivity index (χ1v) is 12.3. The van der Waals surface area contributed by atoms with Crippen LogP contribution in [0.5, 0.6) is 0 Å². The number of piperidine rings is 1. The van der Waals surface area contributed by atoms with Gasteiger partial charge < -0.3 is 31.3 Å². The molecule has 2 amide bonds. The molecule has 0 spiro atoms. The molecule has 10 heteroatoms. The van der Waals surface area contributed by atoms with Gasteiger partial charge in [0, 0.05) is 43.0 Å². The van der Waals surface area contributed by atoms with Crippen LogP contribution in [0.15, 0.2) is 59.6 Å². The van der Waals surface area contributed by atoms with E-state index < -0.39 is 23.8 Å². The van der Waals surface area contributed by atoms with Crippen LogP contribution in [0.4, 0.5) is 5.69 Å². The first-order chi connectivity index (χ1) is 17.5. The Morgan fingerprint density at radius 1 is 0.944 bits per heavy atom. The van der Waals surface area contributed by atoms with Crippen LogP contribution in [0.1, 0.15) is 46.4 Å². The van der Waals surface area contributed by atoms with Crippen LogP contribution in [0.2, 0.25) is 0 Å². The Morgan fingerprint density at radius 2 is 1.64 bits per heavy atom. The maximum Gasteiger partial charge on any atom is 0.328 e. The number of carboxylic acids is 1. The topological polar surface area (TPSA) is 135 Å². The normalized spacial score (nSPS) is 18.3. The van der Waals surface area contributed by atoms with Crippen molar-refractivity contribution in [2.24, 2.45) is 4.99 Å². The van der Waals surface area contributed by atoms with Gasteiger partial charge in [-0.25, -0.2) is 9.79 Å². The van der Waals surface area contributed by atoms with Gasteiger partial charge in [-0.05, 0) is 62.1 Å². The molecule has 0 aliphatic carbocycles. The molecule has 5 N–H and O–H groups in total. The third-order valence-corrected chi connectivity index (χ3v) is 6.25.